The number of hydrogen-bond acceptors (Lipinski definition) is 3. The first-order valence-corrected chi connectivity index (χ1v) is 10.1. The maximum Gasteiger partial charge on any atom is 0.270 e. The SMILES string of the molecule is C[C@H](c1ccc(-c2c[nH]c(C(=O)N3CCOCC3)c2)cc1)N1CCCCC1. The number of piperidine rings is 1. The highest BCUT2D eigenvalue weighted by molar-refractivity contribution is 5.94. The maximum atomic E-state index is 12.6. The summed E-state index contributed by atoms with van der Waals surface area (Å²) in [6.07, 6.45) is 5.91. The fourth-order valence-corrected chi connectivity index (χ4v) is 4.09. The third kappa shape index (κ3) is 4.09. The van der Waals surface area contributed by atoms with E-state index in [4.69, 9.17) is 4.74 Å². The molecule has 0 saturated carbocycles. The molecular weight excluding hydrogens is 338 g/mol. The normalized spacial score (nSPS) is 19.8. The van der Waals surface area contributed by atoms with Crippen molar-refractivity contribution in [3.8, 4) is 11.1 Å². The number of carbonyl (C=O) groups is 1. The molecule has 0 radical (unpaired) electrons. The van der Waals surface area contributed by atoms with Crippen LogP contribution in [-0.4, -0.2) is 60.1 Å². The Morgan fingerprint density at radius 1 is 1.00 bits per heavy atom. The van der Waals surface area contributed by atoms with Crippen LogP contribution in [0.3, 0.4) is 0 Å². The highest BCUT2D eigenvalue weighted by atomic mass is 16.5. The summed E-state index contributed by atoms with van der Waals surface area (Å²) in [5.41, 5.74) is 4.21. The highest BCUT2D eigenvalue weighted by Gasteiger charge is 2.21. The number of morpholine rings is 1. The van der Waals surface area contributed by atoms with E-state index < -0.39 is 0 Å². The molecule has 1 N–H and O–H groups in total. The topological polar surface area (TPSA) is 48.6 Å². The second kappa shape index (κ2) is 8.28. The number of aromatic amines is 1. The largest absolute Gasteiger partial charge is 0.378 e. The first-order chi connectivity index (χ1) is 13.2. The van der Waals surface area contributed by atoms with Gasteiger partial charge in [-0.1, -0.05) is 30.7 Å². The Hall–Kier alpha value is -2.11. The number of likely N-dealkylation sites (tertiary alicyclic amines) is 1. The van der Waals surface area contributed by atoms with Crippen molar-refractivity contribution in [3.05, 3.63) is 47.8 Å². The predicted octanol–water partition coefficient (Wildman–Crippen LogP) is 3.70. The number of aromatic nitrogens is 1. The molecule has 5 nitrogen and oxygen atoms in total. The van der Waals surface area contributed by atoms with Gasteiger partial charge in [0.25, 0.3) is 5.91 Å². The Morgan fingerprint density at radius 3 is 2.41 bits per heavy atom. The molecular formula is C22H29N3O2. The molecule has 2 fully saturated rings. The molecule has 2 aliphatic heterocycles. The van der Waals surface area contributed by atoms with Crippen LogP contribution >= 0.6 is 0 Å². The molecule has 2 aliphatic rings. The van der Waals surface area contributed by atoms with Crippen LogP contribution in [0.5, 0.6) is 0 Å². The molecule has 1 atom stereocenters. The van der Waals surface area contributed by atoms with Gasteiger partial charge in [-0.2, -0.15) is 0 Å². The summed E-state index contributed by atoms with van der Waals surface area (Å²) >= 11 is 0. The zero-order valence-corrected chi connectivity index (χ0v) is 16.1. The lowest BCUT2D eigenvalue weighted by Crippen LogP contribution is -2.40. The van der Waals surface area contributed by atoms with Crippen LogP contribution in [0.2, 0.25) is 0 Å². The monoisotopic (exact) mass is 367 g/mol. The Balaban J connectivity index is 1.44. The van der Waals surface area contributed by atoms with E-state index >= 15 is 0 Å². The Bertz CT molecular complexity index is 756. The second-order valence-electron chi connectivity index (χ2n) is 7.60. The van der Waals surface area contributed by atoms with Crippen molar-refractivity contribution in [2.75, 3.05) is 39.4 Å². The van der Waals surface area contributed by atoms with Crippen molar-refractivity contribution in [1.82, 2.24) is 14.8 Å². The zero-order valence-electron chi connectivity index (χ0n) is 16.1. The molecule has 0 aliphatic carbocycles. The molecule has 1 aromatic carbocycles. The molecule has 2 aromatic rings. The summed E-state index contributed by atoms with van der Waals surface area (Å²) in [7, 11) is 0. The van der Waals surface area contributed by atoms with Crippen LogP contribution in [0.1, 0.15) is 48.3 Å². The third-order valence-corrected chi connectivity index (χ3v) is 5.88. The smallest absolute Gasteiger partial charge is 0.270 e. The van der Waals surface area contributed by atoms with E-state index in [0.29, 0.717) is 38.0 Å². The number of nitrogens with zero attached hydrogens (tertiary/aromatic N) is 2. The minimum atomic E-state index is 0.0555. The first-order valence-electron chi connectivity index (χ1n) is 10.1. The van der Waals surface area contributed by atoms with Crippen LogP contribution in [-0.2, 0) is 4.74 Å². The van der Waals surface area contributed by atoms with Gasteiger partial charge in [-0.05, 0) is 55.6 Å². The van der Waals surface area contributed by atoms with Gasteiger partial charge in [-0.25, -0.2) is 0 Å². The number of hydrogen-bond donors (Lipinski definition) is 1. The summed E-state index contributed by atoms with van der Waals surface area (Å²) in [6, 6.07) is 11.2. The molecule has 3 heterocycles. The van der Waals surface area contributed by atoms with E-state index in [1.54, 1.807) is 0 Å². The van der Waals surface area contributed by atoms with Crippen molar-refractivity contribution in [2.45, 2.75) is 32.2 Å². The van der Waals surface area contributed by atoms with Gasteiger partial charge in [0.2, 0.25) is 0 Å². The first kappa shape index (κ1) is 18.3. The van der Waals surface area contributed by atoms with Gasteiger partial charge in [-0.15, -0.1) is 0 Å². The van der Waals surface area contributed by atoms with Crippen molar-refractivity contribution >= 4 is 5.91 Å². The lowest BCUT2D eigenvalue weighted by molar-refractivity contribution is 0.0299. The van der Waals surface area contributed by atoms with E-state index in [2.05, 4.69) is 41.1 Å². The standard InChI is InChI=1S/C22H29N3O2/c1-17(24-9-3-2-4-10-24)18-5-7-19(8-6-18)20-15-21(23-16-20)22(26)25-11-13-27-14-12-25/h5-8,15-17,23H,2-4,9-14H2,1H3/t17-/m1/s1. The summed E-state index contributed by atoms with van der Waals surface area (Å²) in [5.74, 6) is 0.0555. The maximum absolute atomic E-state index is 12.6. The predicted molar refractivity (Wildman–Crippen MR) is 107 cm³/mol. The van der Waals surface area contributed by atoms with Crippen LogP contribution in [0.4, 0.5) is 0 Å². The highest BCUT2D eigenvalue weighted by Crippen LogP contribution is 2.27. The zero-order chi connectivity index (χ0) is 18.6. The van der Waals surface area contributed by atoms with Crippen molar-refractivity contribution in [3.63, 3.8) is 0 Å². The fourth-order valence-electron chi connectivity index (χ4n) is 4.09. The Labute approximate surface area is 161 Å². The van der Waals surface area contributed by atoms with Gasteiger partial charge >= 0.3 is 0 Å². The molecule has 2 saturated heterocycles. The van der Waals surface area contributed by atoms with E-state index in [9.17, 15) is 4.79 Å². The number of amides is 1. The van der Waals surface area contributed by atoms with Crippen LogP contribution < -0.4 is 0 Å². The van der Waals surface area contributed by atoms with Crippen LogP contribution in [0.25, 0.3) is 11.1 Å². The molecule has 27 heavy (non-hydrogen) atoms. The molecule has 4 rings (SSSR count). The molecule has 1 aromatic heterocycles. The Kier molecular flexibility index (Phi) is 5.60. The summed E-state index contributed by atoms with van der Waals surface area (Å²) in [4.78, 5) is 20.2. The molecule has 0 bridgehead atoms. The fraction of sp³-hybridized carbons (Fsp3) is 0.500. The van der Waals surface area contributed by atoms with Crippen LogP contribution in [0.15, 0.2) is 36.5 Å². The quantitative estimate of drug-likeness (QED) is 0.896. The molecule has 0 spiro atoms. The molecule has 1 amide bonds. The van der Waals surface area contributed by atoms with Gasteiger partial charge in [-0.3, -0.25) is 9.69 Å². The van der Waals surface area contributed by atoms with Gasteiger partial charge in [0.1, 0.15) is 5.69 Å². The average Bonchev–Trinajstić information content (AvgIpc) is 3.24. The van der Waals surface area contributed by atoms with Crippen molar-refractivity contribution in [2.24, 2.45) is 0 Å². The number of rotatable bonds is 4. The average molecular weight is 367 g/mol. The lowest BCUT2D eigenvalue weighted by atomic mass is 10.00. The van der Waals surface area contributed by atoms with E-state index in [1.165, 1.54) is 37.9 Å². The van der Waals surface area contributed by atoms with Gasteiger partial charge in [0, 0.05) is 25.3 Å². The van der Waals surface area contributed by atoms with Crippen molar-refractivity contribution < 1.29 is 9.53 Å². The van der Waals surface area contributed by atoms with Crippen molar-refractivity contribution in [1.29, 1.82) is 0 Å². The number of ether oxygens (including phenoxy) is 1. The van der Waals surface area contributed by atoms with Gasteiger partial charge in [0.15, 0.2) is 0 Å². The number of benzene rings is 1. The molecule has 144 valence electrons. The summed E-state index contributed by atoms with van der Waals surface area (Å²) in [5, 5.41) is 0. The third-order valence-electron chi connectivity index (χ3n) is 5.88. The number of carbonyl (C=O) groups excluding carboxylic acids is 1. The minimum absolute atomic E-state index is 0.0555. The second-order valence-corrected chi connectivity index (χ2v) is 7.60. The molecule has 5 heteroatoms. The molecule has 0 unspecified atom stereocenters. The lowest BCUT2D eigenvalue weighted by Gasteiger charge is -2.32. The van der Waals surface area contributed by atoms with Gasteiger partial charge in [0.05, 0.1) is 13.2 Å². The summed E-state index contributed by atoms with van der Waals surface area (Å²) in [6.45, 7) is 7.27. The number of H-pyrrole nitrogens is 1. The van der Waals surface area contributed by atoms with E-state index in [1.807, 2.05) is 17.2 Å². The summed E-state index contributed by atoms with van der Waals surface area (Å²) < 4.78 is 5.33. The van der Waals surface area contributed by atoms with E-state index in [0.717, 1.165) is 11.1 Å². The van der Waals surface area contributed by atoms with Crippen LogP contribution in [0, 0.1) is 0 Å². The Morgan fingerprint density at radius 2 is 1.70 bits per heavy atom. The minimum Gasteiger partial charge on any atom is -0.378 e. The van der Waals surface area contributed by atoms with E-state index in [-0.39, 0.29) is 5.91 Å². The number of nitrogens with one attached hydrogen (secondary N) is 1. The van der Waals surface area contributed by atoms with Gasteiger partial charge < -0.3 is 14.6 Å².